The van der Waals surface area contributed by atoms with Crippen molar-refractivity contribution in [2.45, 2.75) is 13.0 Å². The van der Waals surface area contributed by atoms with Gasteiger partial charge in [0.1, 0.15) is 5.82 Å². The number of ether oxygens (including phenoxy) is 1. The summed E-state index contributed by atoms with van der Waals surface area (Å²) in [5, 5.41) is 4.74. The normalized spacial score (nSPS) is 11.7. The van der Waals surface area contributed by atoms with Crippen LogP contribution >= 0.6 is 22.9 Å². The summed E-state index contributed by atoms with van der Waals surface area (Å²) in [6.45, 7) is 1.43. The Morgan fingerprint density at radius 2 is 1.96 bits per heavy atom. The third-order valence-electron chi connectivity index (χ3n) is 3.61. The van der Waals surface area contributed by atoms with Crippen LogP contribution in [0, 0.1) is 5.82 Å². The molecule has 3 aromatic rings. The van der Waals surface area contributed by atoms with Gasteiger partial charge in [0.2, 0.25) is 0 Å². The molecule has 1 amide bonds. The molecular weight excluding hydrogens is 391 g/mol. The van der Waals surface area contributed by atoms with Gasteiger partial charge in [-0.2, -0.15) is 0 Å². The molecule has 0 aliphatic carbocycles. The van der Waals surface area contributed by atoms with E-state index in [9.17, 15) is 14.0 Å². The second kappa shape index (κ2) is 8.28. The maximum atomic E-state index is 13.1. The quantitative estimate of drug-likeness (QED) is 0.621. The Kier molecular flexibility index (Phi) is 5.83. The lowest BCUT2D eigenvalue weighted by molar-refractivity contribution is -0.123. The number of aromatic nitrogens is 1. The fourth-order valence-electron chi connectivity index (χ4n) is 2.21. The van der Waals surface area contributed by atoms with Gasteiger partial charge in [0.05, 0.1) is 16.3 Å². The third kappa shape index (κ3) is 4.69. The largest absolute Gasteiger partial charge is 0.449 e. The summed E-state index contributed by atoms with van der Waals surface area (Å²) < 4.78 is 18.2. The van der Waals surface area contributed by atoms with Crippen molar-refractivity contribution in [1.29, 1.82) is 0 Å². The molecule has 0 aliphatic heterocycles. The highest BCUT2D eigenvalue weighted by atomic mass is 35.5. The number of anilines is 1. The van der Waals surface area contributed by atoms with E-state index >= 15 is 0 Å². The third-order valence-corrected chi connectivity index (χ3v) is 4.68. The Balaban J connectivity index is 1.62. The highest BCUT2D eigenvalue weighted by Gasteiger charge is 2.21. The van der Waals surface area contributed by atoms with Crippen molar-refractivity contribution in [3.63, 3.8) is 0 Å². The van der Waals surface area contributed by atoms with Crippen LogP contribution in [-0.2, 0) is 9.53 Å². The molecule has 1 N–H and O–H groups in total. The lowest BCUT2D eigenvalue weighted by Gasteiger charge is -2.13. The molecule has 0 aliphatic rings. The van der Waals surface area contributed by atoms with E-state index in [0.29, 0.717) is 5.13 Å². The Morgan fingerprint density at radius 3 is 2.67 bits per heavy atom. The zero-order chi connectivity index (χ0) is 19.4. The molecule has 2 aromatic carbocycles. The predicted molar refractivity (Wildman–Crippen MR) is 102 cm³/mol. The summed E-state index contributed by atoms with van der Waals surface area (Å²) in [6.07, 6.45) is -1.08. The number of thiazole rings is 1. The first kappa shape index (κ1) is 19.0. The lowest BCUT2D eigenvalue weighted by atomic mass is 10.2. The van der Waals surface area contributed by atoms with E-state index in [1.165, 1.54) is 24.3 Å². The molecule has 0 fully saturated rings. The van der Waals surface area contributed by atoms with Crippen LogP contribution in [0.2, 0.25) is 5.02 Å². The maximum Gasteiger partial charge on any atom is 0.340 e. The molecular formula is C19H14ClFN2O3S. The second-order valence-corrected chi connectivity index (χ2v) is 6.83. The number of esters is 1. The molecule has 8 heteroatoms. The standard InChI is InChI=1S/C19H14ClFN2O3S/c1-11(26-18(25)14-8-7-13(21)9-15(14)20)17(24)23-19-22-16(10-27-19)12-5-3-2-4-6-12/h2-11H,1H3,(H,22,23,24)/t11-/m1/s1. The number of carbonyl (C=O) groups excluding carboxylic acids is 2. The SMILES string of the molecule is C[C@@H](OC(=O)c1ccc(F)cc1Cl)C(=O)Nc1nc(-c2ccccc2)cs1. The fourth-order valence-corrected chi connectivity index (χ4v) is 3.18. The predicted octanol–water partition coefficient (Wildman–Crippen LogP) is 4.79. The van der Waals surface area contributed by atoms with E-state index in [0.717, 1.165) is 23.4 Å². The van der Waals surface area contributed by atoms with Gasteiger partial charge < -0.3 is 4.74 Å². The van der Waals surface area contributed by atoms with E-state index in [4.69, 9.17) is 16.3 Å². The summed E-state index contributed by atoms with van der Waals surface area (Å²) in [7, 11) is 0. The van der Waals surface area contributed by atoms with Gasteiger partial charge in [-0.3, -0.25) is 10.1 Å². The minimum absolute atomic E-state index is 0.0154. The molecule has 0 unspecified atom stereocenters. The molecule has 0 spiro atoms. The molecule has 0 bridgehead atoms. The van der Waals surface area contributed by atoms with Crippen molar-refractivity contribution in [3.05, 3.63) is 70.3 Å². The van der Waals surface area contributed by atoms with E-state index < -0.39 is 23.8 Å². The zero-order valence-corrected chi connectivity index (χ0v) is 15.7. The van der Waals surface area contributed by atoms with Crippen LogP contribution in [0.3, 0.4) is 0 Å². The summed E-state index contributed by atoms with van der Waals surface area (Å²) in [5.41, 5.74) is 1.65. The average Bonchev–Trinajstić information content (AvgIpc) is 3.10. The van der Waals surface area contributed by atoms with Crippen molar-refractivity contribution in [3.8, 4) is 11.3 Å². The van der Waals surface area contributed by atoms with Gasteiger partial charge in [0, 0.05) is 10.9 Å². The Labute approximate surface area is 163 Å². The number of rotatable bonds is 5. The highest BCUT2D eigenvalue weighted by Crippen LogP contribution is 2.25. The maximum absolute atomic E-state index is 13.1. The number of nitrogens with one attached hydrogen (secondary N) is 1. The number of hydrogen-bond donors (Lipinski definition) is 1. The molecule has 1 heterocycles. The number of halogens is 2. The topological polar surface area (TPSA) is 68.3 Å². The number of benzene rings is 2. The molecule has 138 valence electrons. The molecule has 3 rings (SSSR count). The van der Waals surface area contributed by atoms with Gasteiger partial charge in [-0.15, -0.1) is 11.3 Å². The van der Waals surface area contributed by atoms with Crippen molar-refractivity contribution in [2.75, 3.05) is 5.32 Å². The van der Waals surface area contributed by atoms with Gasteiger partial charge in [0.25, 0.3) is 5.91 Å². The molecule has 0 radical (unpaired) electrons. The second-order valence-electron chi connectivity index (χ2n) is 5.56. The molecule has 1 atom stereocenters. The van der Waals surface area contributed by atoms with Crippen LogP contribution in [0.4, 0.5) is 9.52 Å². The van der Waals surface area contributed by atoms with Crippen molar-refractivity contribution in [2.24, 2.45) is 0 Å². The van der Waals surface area contributed by atoms with Crippen LogP contribution in [-0.4, -0.2) is 23.0 Å². The Morgan fingerprint density at radius 1 is 1.22 bits per heavy atom. The fraction of sp³-hybridized carbons (Fsp3) is 0.105. The number of amides is 1. The number of nitrogens with zero attached hydrogens (tertiary/aromatic N) is 1. The first-order valence-corrected chi connectivity index (χ1v) is 9.17. The lowest BCUT2D eigenvalue weighted by Crippen LogP contribution is -2.30. The zero-order valence-electron chi connectivity index (χ0n) is 14.1. The minimum Gasteiger partial charge on any atom is -0.449 e. The number of carbonyl (C=O) groups is 2. The Hall–Kier alpha value is -2.77. The molecule has 5 nitrogen and oxygen atoms in total. The monoisotopic (exact) mass is 404 g/mol. The van der Waals surface area contributed by atoms with E-state index in [2.05, 4.69) is 10.3 Å². The molecule has 0 saturated carbocycles. The summed E-state index contributed by atoms with van der Waals surface area (Å²) in [5.74, 6) is -1.91. The summed E-state index contributed by atoms with van der Waals surface area (Å²) >= 11 is 7.09. The van der Waals surface area contributed by atoms with Gasteiger partial charge in [-0.25, -0.2) is 14.2 Å². The summed E-state index contributed by atoms with van der Waals surface area (Å²) in [4.78, 5) is 28.7. The van der Waals surface area contributed by atoms with Gasteiger partial charge in [-0.05, 0) is 25.1 Å². The molecule has 1 aromatic heterocycles. The van der Waals surface area contributed by atoms with Crippen LogP contribution in [0.5, 0.6) is 0 Å². The Bertz CT molecular complexity index is 978. The van der Waals surface area contributed by atoms with Crippen LogP contribution in [0.1, 0.15) is 17.3 Å². The van der Waals surface area contributed by atoms with Crippen LogP contribution in [0.15, 0.2) is 53.9 Å². The van der Waals surface area contributed by atoms with E-state index in [1.807, 2.05) is 35.7 Å². The highest BCUT2D eigenvalue weighted by molar-refractivity contribution is 7.14. The van der Waals surface area contributed by atoms with Crippen LogP contribution in [0.25, 0.3) is 11.3 Å². The number of hydrogen-bond acceptors (Lipinski definition) is 5. The van der Waals surface area contributed by atoms with Crippen LogP contribution < -0.4 is 5.32 Å². The van der Waals surface area contributed by atoms with Crippen molar-refractivity contribution >= 4 is 39.9 Å². The van der Waals surface area contributed by atoms with E-state index in [-0.39, 0.29) is 10.6 Å². The molecule has 0 saturated heterocycles. The van der Waals surface area contributed by atoms with Crippen molar-refractivity contribution in [1.82, 2.24) is 4.98 Å². The smallest absolute Gasteiger partial charge is 0.340 e. The van der Waals surface area contributed by atoms with Gasteiger partial charge in [-0.1, -0.05) is 41.9 Å². The average molecular weight is 405 g/mol. The molecule has 27 heavy (non-hydrogen) atoms. The van der Waals surface area contributed by atoms with E-state index in [1.54, 1.807) is 0 Å². The van der Waals surface area contributed by atoms with Gasteiger partial charge in [0.15, 0.2) is 11.2 Å². The van der Waals surface area contributed by atoms with Gasteiger partial charge >= 0.3 is 5.97 Å². The first-order chi connectivity index (χ1) is 12.9. The minimum atomic E-state index is -1.08. The van der Waals surface area contributed by atoms with Crippen molar-refractivity contribution < 1.29 is 18.7 Å². The summed E-state index contributed by atoms with van der Waals surface area (Å²) in [6, 6.07) is 12.8. The first-order valence-electron chi connectivity index (χ1n) is 7.92.